The summed E-state index contributed by atoms with van der Waals surface area (Å²) >= 11 is 0. The molecule has 1 aliphatic rings. The van der Waals surface area contributed by atoms with Gasteiger partial charge in [0.15, 0.2) is 0 Å². The fourth-order valence-electron chi connectivity index (χ4n) is 2.16. The van der Waals surface area contributed by atoms with Gasteiger partial charge in [-0.25, -0.2) is 0 Å². The third-order valence-corrected chi connectivity index (χ3v) is 3.10. The van der Waals surface area contributed by atoms with E-state index in [1.165, 1.54) is 0 Å². The summed E-state index contributed by atoms with van der Waals surface area (Å²) in [5, 5.41) is 8.89. The topological polar surface area (TPSA) is 70.8 Å². The molecule has 2 heterocycles. The lowest BCUT2D eigenvalue weighted by atomic mass is 10.1. The quantitative estimate of drug-likeness (QED) is 0.845. The number of likely N-dealkylation sites (tertiary alicyclic amines) is 1. The van der Waals surface area contributed by atoms with Gasteiger partial charge in [0.25, 0.3) is 5.91 Å². The van der Waals surface area contributed by atoms with E-state index in [4.69, 9.17) is 9.52 Å². The maximum Gasteiger partial charge on any atom is 0.308 e. The molecule has 0 unspecified atom stereocenters. The zero-order valence-corrected chi connectivity index (χ0v) is 9.90. The normalized spacial score (nSPS) is 19.6. The van der Waals surface area contributed by atoms with Crippen molar-refractivity contribution in [1.82, 2.24) is 4.90 Å². The molecule has 2 rings (SSSR count). The summed E-state index contributed by atoms with van der Waals surface area (Å²) in [7, 11) is 0. The van der Waals surface area contributed by atoms with Gasteiger partial charge in [0.05, 0.1) is 11.5 Å². The smallest absolute Gasteiger partial charge is 0.308 e. The van der Waals surface area contributed by atoms with Crippen molar-refractivity contribution in [3.05, 3.63) is 23.2 Å². The highest BCUT2D eigenvalue weighted by Crippen LogP contribution is 2.22. The summed E-state index contributed by atoms with van der Waals surface area (Å²) < 4.78 is 5.31. The van der Waals surface area contributed by atoms with E-state index in [9.17, 15) is 9.59 Å². The number of aliphatic carboxylic acids is 1. The second-order valence-electron chi connectivity index (χ2n) is 4.40. The Labute approximate surface area is 99.0 Å². The highest BCUT2D eigenvalue weighted by Gasteiger charge is 2.32. The number of nitrogens with zero attached hydrogens (tertiary/aromatic N) is 1. The van der Waals surface area contributed by atoms with Gasteiger partial charge < -0.3 is 14.4 Å². The standard InChI is InChI=1S/C12H15NO4/c1-7-5-10(8(2)17-7)11(14)13-4-3-9(6-13)12(15)16/h5,9H,3-4,6H2,1-2H3,(H,15,16)/t9-/m0/s1. The van der Waals surface area contributed by atoms with E-state index in [-0.39, 0.29) is 12.5 Å². The molecule has 5 nitrogen and oxygen atoms in total. The lowest BCUT2D eigenvalue weighted by Gasteiger charge is -2.14. The first-order valence-corrected chi connectivity index (χ1v) is 5.58. The van der Waals surface area contributed by atoms with Gasteiger partial charge in [-0.1, -0.05) is 0 Å². The molecule has 1 atom stereocenters. The second kappa shape index (κ2) is 4.24. The van der Waals surface area contributed by atoms with Crippen molar-refractivity contribution in [2.45, 2.75) is 20.3 Å². The van der Waals surface area contributed by atoms with Crippen molar-refractivity contribution in [3.63, 3.8) is 0 Å². The molecule has 0 aliphatic carbocycles. The summed E-state index contributed by atoms with van der Waals surface area (Å²) in [5.74, 6) is -0.123. The molecule has 1 N–H and O–H groups in total. The van der Waals surface area contributed by atoms with Crippen LogP contribution in [0.2, 0.25) is 0 Å². The predicted molar refractivity (Wildman–Crippen MR) is 59.8 cm³/mol. The molecule has 1 aliphatic heterocycles. The van der Waals surface area contributed by atoms with Crippen LogP contribution in [-0.2, 0) is 4.79 Å². The minimum absolute atomic E-state index is 0.136. The molecular formula is C12H15NO4. The van der Waals surface area contributed by atoms with Gasteiger partial charge in [0.2, 0.25) is 0 Å². The van der Waals surface area contributed by atoms with Crippen molar-refractivity contribution in [2.75, 3.05) is 13.1 Å². The van der Waals surface area contributed by atoms with E-state index in [0.29, 0.717) is 30.0 Å². The van der Waals surface area contributed by atoms with Crippen LogP contribution in [0.25, 0.3) is 0 Å². The Kier molecular flexibility index (Phi) is 2.92. The first-order chi connectivity index (χ1) is 7.99. The van der Waals surface area contributed by atoms with Gasteiger partial charge in [-0.2, -0.15) is 0 Å². The SMILES string of the molecule is Cc1cc(C(=O)N2CC[C@H](C(=O)O)C2)c(C)o1. The molecular weight excluding hydrogens is 222 g/mol. The third kappa shape index (κ3) is 2.18. The average molecular weight is 237 g/mol. The minimum atomic E-state index is -0.833. The van der Waals surface area contributed by atoms with Crippen molar-refractivity contribution in [2.24, 2.45) is 5.92 Å². The highest BCUT2D eigenvalue weighted by atomic mass is 16.4. The summed E-state index contributed by atoms with van der Waals surface area (Å²) in [5.41, 5.74) is 0.536. The fraction of sp³-hybridized carbons (Fsp3) is 0.500. The molecule has 1 aromatic heterocycles. The highest BCUT2D eigenvalue weighted by molar-refractivity contribution is 5.95. The van der Waals surface area contributed by atoms with Gasteiger partial charge in [0.1, 0.15) is 11.5 Å². The fourth-order valence-corrected chi connectivity index (χ4v) is 2.16. The summed E-state index contributed by atoms with van der Waals surface area (Å²) in [6.07, 6.45) is 0.525. The number of hydrogen-bond acceptors (Lipinski definition) is 3. The van der Waals surface area contributed by atoms with Crippen molar-refractivity contribution in [1.29, 1.82) is 0 Å². The van der Waals surface area contributed by atoms with E-state index in [0.717, 1.165) is 0 Å². The van der Waals surface area contributed by atoms with Crippen LogP contribution in [0.5, 0.6) is 0 Å². The maximum absolute atomic E-state index is 12.1. The summed E-state index contributed by atoms with van der Waals surface area (Å²) in [4.78, 5) is 24.5. The van der Waals surface area contributed by atoms with Crippen LogP contribution in [0.4, 0.5) is 0 Å². The van der Waals surface area contributed by atoms with Gasteiger partial charge in [0, 0.05) is 13.1 Å². The van der Waals surface area contributed by atoms with E-state index >= 15 is 0 Å². The van der Waals surface area contributed by atoms with Crippen LogP contribution < -0.4 is 0 Å². The number of carbonyl (C=O) groups excluding carboxylic acids is 1. The molecule has 1 fully saturated rings. The zero-order valence-electron chi connectivity index (χ0n) is 9.90. The molecule has 1 aromatic rings. The van der Waals surface area contributed by atoms with Crippen LogP contribution in [-0.4, -0.2) is 35.0 Å². The first kappa shape index (κ1) is 11.7. The molecule has 0 radical (unpaired) electrons. The number of furan rings is 1. The Morgan fingerprint density at radius 3 is 2.65 bits per heavy atom. The Morgan fingerprint density at radius 2 is 2.18 bits per heavy atom. The number of carboxylic acid groups (broad SMARTS) is 1. The Balaban J connectivity index is 2.12. The van der Waals surface area contributed by atoms with Crippen LogP contribution >= 0.6 is 0 Å². The molecule has 0 saturated carbocycles. The number of rotatable bonds is 2. The van der Waals surface area contributed by atoms with Crippen LogP contribution in [0.3, 0.4) is 0 Å². The molecule has 0 spiro atoms. The van der Waals surface area contributed by atoms with E-state index in [2.05, 4.69) is 0 Å². The van der Waals surface area contributed by atoms with Crippen molar-refractivity contribution >= 4 is 11.9 Å². The number of amides is 1. The van der Waals surface area contributed by atoms with E-state index < -0.39 is 11.9 Å². The van der Waals surface area contributed by atoms with E-state index in [1.54, 1.807) is 24.8 Å². The third-order valence-electron chi connectivity index (χ3n) is 3.10. The summed E-state index contributed by atoms with van der Waals surface area (Å²) in [6.45, 7) is 4.32. The maximum atomic E-state index is 12.1. The second-order valence-corrected chi connectivity index (χ2v) is 4.40. The van der Waals surface area contributed by atoms with Crippen molar-refractivity contribution in [3.8, 4) is 0 Å². The summed E-state index contributed by atoms with van der Waals surface area (Å²) in [6, 6.07) is 1.70. The van der Waals surface area contributed by atoms with E-state index in [1.807, 2.05) is 0 Å². The van der Waals surface area contributed by atoms with Gasteiger partial charge >= 0.3 is 5.97 Å². The molecule has 1 saturated heterocycles. The number of aryl methyl sites for hydroxylation is 2. The molecule has 0 bridgehead atoms. The molecule has 17 heavy (non-hydrogen) atoms. The average Bonchev–Trinajstić information content (AvgIpc) is 2.84. The molecule has 92 valence electrons. The van der Waals surface area contributed by atoms with Crippen LogP contribution in [0, 0.1) is 19.8 Å². The first-order valence-electron chi connectivity index (χ1n) is 5.58. The van der Waals surface area contributed by atoms with Gasteiger partial charge in [-0.05, 0) is 26.3 Å². The number of carboxylic acids is 1. The zero-order chi connectivity index (χ0) is 12.6. The predicted octanol–water partition coefficient (Wildman–Crippen LogP) is 1.44. The lowest BCUT2D eigenvalue weighted by molar-refractivity contribution is -0.141. The van der Waals surface area contributed by atoms with Gasteiger partial charge in [-0.3, -0.25) is 9.59 Å². The number of hydrogen-bond donors (Lipinski definition) is 1. The largest absolute Gasteiger partial charge is 0.481 e. The van der Waals surface area contributed by atoms with Crippen LogP contribution in [0.1, 0.15) is 28.3 Å². The molecule has 0 aromatic carbocycles. The van der Waals surface area contributed by atoms with Crippen molar-refractivity contribution < 1.29 is 19.1 Å². The Bertz CT molecular complexity index is 463. The molecule has 5 heteroatoms. The Morgan fingerprint density at radius 1 is 1.47 bits per heavy atom. The van der Waals surface area contributed by atoms with Crippen LogP contribution in [0.15, 0.2) is 10.5 Å². The number of carbonyl (C=O) groups is 2. The Hall–Kier alpha value is -1.78. The minimum Gasteiger partial charge on any atom is -0.481 e. The van der Waals surface area contributed by atoms with Gasteiger partial charge in [-0.15, -0.1) is 0 Å². The lowest BCUT2D eigenvalue weighted by Crippen LogP contribution is -2.30. The monoisotopic (exact) mass is 237 g/mol. The molecule has 1 amide bonds.